The second-order valence-electron chi connectivity index (χ2n) is 14.5. The lowest BCUT2D eigenvalue weighted by atomic mass is 9.83. The van der Waals surface area contributed by atoms with Crippen molar-refractivity contribution in [2.75, 3.05) is 0 Å². The van der Waals surface area contributed by atoms with E-state index in [2.05, 4.69) is 20.6 Å². The van der Waals surface area contributed by atoms with Crippen LogP contribution >= 0.6 is 0 Å². The number of aromatic nitrogens is 2. The van der Waals surface area contributed by atoms with Gasteiger partial charge in [-0.25, -0.2) is 18.4 Å². The SMILES string of the molecule is CC(C)[C@H](NC(=O)OCc1ccccn1)C(=O)N(C(=O)[C@@H](NC(=O)OCc1ccccn1)C(C)C)[C@@H](C(C)C)C(F)(F)[C@H](O)CCC1CCCCC1. The van der Waals surface area contributed by atoms with Crippen LogP contribution in [0.2, 0.25) is 0 Å². The van der Waals surface area contributed by atoms with E-state index in [9.17, 15) is 24.3 Å². The highest BCUT2D eigenvalue weighted by atomic mass is 19.3. The number of halogens is 2. The van der Waals surface area contributed by atoms with Gasteiger partial charge in [0.25, 0.3) is 17.7 Å². The standard InChI is InChI=1S/C38H55F2N5O7/c1-24(2)31(43-36(49)51-22-28-16-10-12-20-41-28)34(47)45(33(26(5)6)38(39,40)30(46)19-18-27-14-8-7-9-15-27)35(48)32(25(3)4)44-37(50)52-23-29-17-11-13-21-42-29/h10-13,16-17,20-21,24-27,30-33,46H,7-9,14-15,18-19,22-23H2,1-6H3,(H,43,49)(H,44,50)/t30-,31+,32+,33+/m1/s1. The summed E-state index contributed by atoms with van der Waals surface area (Å²) in [5.74, 6) is -8.48. The van der Waals surface area contributed by atoms with Gasteiger partial charge in [0.05, 0.1) is 11.4 Å². The number of alkyl halides is 2. The predicted molar refractivity (Wildman–Crippen MR) is 190 cm³/mol. The van der Waals surface area contributed by atoms with Crippen molar-refractivity contribution in [1.29, 1.82) is 0 Å². The molecule has 1 saturated carbocycles. The first-order valence-electron chi connectivity index (χ1n) is 18.2. The Hall–Kier alpha value is -4.20. The highest BCUT2D eigenvalue weighted by Crippen LogP contribution is 2.37. The number of nitrogens with one attached hydrogen (secondary N) is 2. The summed E-state index contributed by atoms with van der Waals surface area (Å²) >= 11 is 0. The minimum absolute atomic E-state index is 0.203. The molecule has 0 saturated heterocycles. The van der Waals surface area contributed by atoms with E-state index in [4.69, 9.17) is 9.47 Å². The van der Waals surface area contributed by atoms with Gasteiger partial charge in [-0.2, -0.15) is 0 Å². The molecule has 288 valence electrons. The maximum atomic E-state index is 16.7. The Kier molecular flexibility index (Phi) is 16.4. The van der Waals surface area contributed by atoms with Crippen LogP contribution < -0.4 is 10.6 Å². The van der Waals surface area contributed by atoms with E-state index < -0.39 is 71.9 Å². The summed E-state index contributed by atoms with van der Waals surface area (Å²) in [5.41, 5.74) is 0.869. The summed E-state index contributed by atoms with van der Waals surface area (Å²) in [7, 11) is 0. The van der Waals surface area contributed by atoms with Crippen molar-refractivity contribution in [3.05, 3.63) is 60.2 Å². The van der Waals surface area contributed by atoms with Gasteiger partial charge in [-0.1, -0.05) is 85.8 Å². The maximum Gasteiger partial charge on any atom is 0.408 e. The Morgan fingerprint density at radius 1 is 0.788 bits per heavy atom. The third-order valence-electron chi connectivity index (χ3n) is 9.36. The Morgan fingerprint density at radius 2 is 1.25 bits per heavy atom. The Labute approximate surface area is 305 Å². The normalized spacial score (nSPS) is 16.2. The average Bonchev–Trinajstić information content (AvgIpc) is 3.12. The van der Waals surface area contributed by atoms with Crippen molar-refractivity contribution < 1.29 is 42.5 Å². The Bertz CT molecular complexity index is 1340. The molecule has 0 bridgehead atoms. The molecular formula is C38H55F2N5O7. The third kappa shape index (κ3) is 12.2. The minimum atomic E-state index is -3.96. The Balaban J connectivity index is 1.96. The van der Waals surface area contributed by atoms with Gasteiger partial charge in [0.1, 0.15) is 37.4 Å². The number of carbonyl (C=O) groups excluding carboxylic acids is 4. The average molecular weight is 732 g/mol. The van der Waals surface area contributed by atoms with E-state index in [0.29, 0.717) is 22.7 Å². The first-order valence-corrected chi connectivity index (χ1v) is 18.2. The molecule has 52 heavy (non-hydrogen) atoms. The van der Waals surface area contributed by atoms with Gasteiger partial charge in [-0.15, -0.1) is 0 Å². The summed E-state index contributed by atoms with van der Waals surface area (Å²) in [5, 5.41) is 16.0. The van der Waals surface area contributed by atoms with E-state index in [-0.39, 0.29) is 25.6 Å². The molecule has 3 N–H and O–H groups in total. The molecule has 4 atom stereocenters. The number of nitrogens with zero attached hydrogens (tertiary/aromatic N) is 3. The number of alkyl carbamates (subject to hydrolysis) is 2. The van der Waals surface area contributed by atoms with Crippen molar-refractivity contribution in [2.24, 2.45) is 23.7 Å². The molecule has 0 aliphatic heterocycles. The summed E-state index contributed by atoms with van der Waals surface area (Å²) < 4.78 is 43.9. The quantitative estimate of drug-likeness (QED) is 0.167. The van der Waals surface area contributed by atoms with E-state index in [1.165, 1.54) is 26.2 Å². The molecule has 0 spiro atoms. The number of aliphatic hydroxyl groups is 1. The topological polar surface area (TPSA) is 160 Å². The third-order valence-corrected chi connectivity index (χ3v) is 9.36. The van der Waals surface area contributed by atoms with Crippen molar-refractivity contribution in [2.45, 2.75) is 130 Å². The fourth-order valence-electron chi connectivity index (χ4n) is 6.47. The maximum absolute atomic E-state index is 16.7. The number of hydrogen-bond donors (Lipinski definition) is 3. The van der Waals surface area contributed by atoms with Crippen LogP contribution in [0, 0.1) is 23.7 Å². The second-order valence-corrected chi connectivity index (χ2v) is 14.5. The molecule has 12 nitrogen and oxygen atoms in total. The molecule has 0 aromatic carbocycles. The minimum Gasteiger partial charge on any atom is -0.443 e. The van der Waals surface area contributed by atoms with Gasteiger partial charge in [0, 0.05) is 12.4 Å². The molecule has 2 heterocycles. The highest BCUT2D eigenvalue weighted by Gasteiger charge is 2.55. The van der Waals surface area contributed by atoms with E-state index in [1.54, 1.807) is 64.1 Å². The molecule has 0 unspecified atom stereocenters. The number of hydrogen-bond acceptors (Lipinski definition) is 9. The fraction of sp³-hybridized carbons (Fsp3) is 0.632. The highest BCUT2D eigenvalue weighted by molar-refractivity contribution is 6.02. The molecule has 3 rings (SSSR count). The number of ether oxygens (including phenoxy) is 2. The summed E-state index contributed by atoms with van der Waals surface area (Å²) in [4.78, 5) is 63.6. The van der Waals surface area contributed by atoms with E-state index >= 15 is 8.78 Å². The summed E-state index contributed by atoms with van der Waals surface area (Å²) in [6.45, 7) is 8.73. The van der Waals surface area contributed by atoms with Gasteiger partial charge in [0.15, 0.2) is 0 Å². The van der Waals surface area contributed by atoms with Gasteiger partial charge in [-0.3, -0.25) is 24.5 Å². The fourth-order valence-corrected chi connectivity index (χ4v) is 6.47. The number of aliphatic hydroxyl groups excluding tert-OH is 1. The number of amides is 4. The van der Waals surface area contributed by atoms with Crippen molar-refractivity contribution >= 4 is 24.0 Å². The Morgan fingerprint density at radius 3 is 1.63 bits per heavy atom. The largest absolute Gasteiger partial charge is 0.443 e. The van der Waals surface area contributed by atoms with Gasteiger partial charge < -0.3 is 25.2 Å². The van der Waals surface area contributed by atoms with Crippen LogP contribution in [0.25, 0.3) is 0 Å². The number of rotatable bonds is 17. The first kappa shape index (κ1) is 42.2. The second kappa shape index (κ2) is 20.1. The smallest absolute Gasteiger partial charge is 0.408 e. The molecule has 0 radical (unpaired) electrons. The molecule has 1 aliphatic carbocycles. The van der Waals surface area contributed by atoms with Crippen LogP contribution in [-0.4, -0.2) is 74.1 Å². The van der Waals surface area contributed by atoms with Crippen LogP contribution in [0.5, 0.6) is 0 Å². The molecule has 4 amide bonds. The molecule has 2 aromatic rings. The van der Waals surface area contributed by atoms with E-state index in [0.717, 1.165) is 32.1 Å². The van der Waals surface area contributed by atoms with Gasteiger partial charge in [0.2, 0.25) is 0 Å². The zero-order chi connectivity index (χ0) is 38.4. The summed E-state index contributed by atoms with van der Waals surface area (Å²) in [6, 6.07) is 4.91. The molecule has 1 aliphatic rings. The number of imide groups is 1. The van der Waals surface area contributed by atoms with Crippen molar-refractivity contribution in [3.63, 3.8) is 0 Å². The predicted octanol–water partition coefficient (Wildman–Crippen LogP) is 6.41. The first-order chi connectivity index (χ1) is 24.6. The zero-order valence-corrected chi connectivity index (χ0v) is 31.1. The molecule has 14 heteroatoms. The summed E-state index contributed by atoms with van der Waals surface area (Å²) in [6.07, 6.45) is 3.85. The number of carbonyl (C=O) groups is 4. The van der Waals surface area contributed by atoms with Crippen molar-refractivity contribution in [3.8, 4) is 0 Å². The van der Waals surface area contributed by atoms with Crippen LogP contribution in [-0.2, 0) is 32.3 Å². The van der Waals surface area contributed by atoms with Crippen LogP contribution in [0.4, 0.5) is 18.4 Å². The van der Waals surface area contributed by atoms with Crippen LogP contribution in [0.1, 0.15) is 97.9 Å². The molecular weight excluding hydrogens is 676 g/mol. The van der Waals surface area contributed by atoms with Gasteiger partial charge >= 0.3 is 12.2 Å². The van der Waals surface area contributed by atoms with Gasteiger partial charge in [-0.05, 0) is 60.8 Å². The lowest BCUT2D eigenvalue weighted by Crippen LogP contribution is -2.67. The van der Waals surface area contributed by atoms with Crippen molar-refractivity contribution in [1.82, 2.24) is 25.5 Å². The zero-order valence-electron chi connectivity index (χ0n) is 31.1. The lowest BCUT2D eigenvalue weighted by molar-refractivity contribution is -0.188. The van der Waals surface area contributed by atoms with E-state index in [1.807, 2.05) is 0 Å². The van der Waals surface area contributed by atoms with Crippen LogP contribution in [0.3, 0.4) is 0 Å². The monoisotopic (exact) mass is 731 g/mol. The molecule has 2 aromatic heterocycles. The number of pyridine rings is 2. The lowest BCUT2D eigenvalue weighted by Gasteiger charge is -2.43. The van der Waals surface area contributed by atoms with Crippen LogP contribution in [0.15, 0.2) is 48.8 Å². The molecule has 1 fully saturated rings.